The van der Waals surface area contributed by atoms with E-state index in [0.717, 1.165) is 24.5 Å². The Balaban J connectivity index is 2.26. The lowest BCUT2D eigenvalue weighted by Crippen LogP contribution is -2.15. The molecule has 1 aliphatic rings. The number of hydrogen-bond acceptors (Lipinski definition) is 5. The van der Waals surface area contributed by atoms with Gasteiger partial charge in [-0.25, -0.2) is 9.36 Å². The van der Waals surface area contributed by atoms with Crippen LogP contribution in [0.2, 0.25) is 0 Å². The number of phenols is 1. The van der Waals surface area contributed by atoms with E-state index in [-0.39, 0.29) is 11.3 Å². The van der Waals surface area contributed by atoms with Gasteiger partial charge in [-0.1, -0.05) is 0 Å². The Morgan fingerprint density at radius 3 is 2.48 bits per heavy atom. The summed E-state index contributed by atoms with van der Waals surface area (Å²) in [7, 11) is -4.78. The van der Waals surface area contributed by atoms with E-state index in [2.05, 4.69) is 4.52 Å². The molecule has 0 bridgehead atoms. The highest BCUT2D eigenvalue weighted by Crippen LogP contribution is 2.43. The summed E-state index contributed by atoms with van der Waals surface area (Å²) in [6, 6.07) is 2.44. The Morgan fingerprint density at radius 1 is 1.14 bits per heavy atom. The highest BCUT2D eigenvalue weighted by molar-refractivity contribution is 7.46. The molecule has 1 aromatic carbocycles. The summed E-state index contributed by atoms with van der Waals surface area (Å²) in [5.74, 6) is -0.831. The number of phosphoric acid groups is 1. The summed E-state index contributed by atoms with van der Waals surface area (Å²) < 4.78 is 20.5. The Kier molecular flexibility index (Phi) is 3.28. The number of rotatable bonds is 2. The molecule has 1 heterocycles. The van der Waals surface area contributed by atoms with Crippen LogP contribution < -0.4 is 10.1 Å². The van der Waals surface area contributed by atoms with Gasteiger partial charge in [0.15, 0.2) is 11.5 Å². The summed E-state index contributed by atoms with van der Waals surface area (Å²) in [5.41, 5.74) is 1.13. The van der Waals surface area contributed by atoms with Gasteiger partial charge < -0.3 is 14.0 Å². The summed E-state index contributed by atoms with van der Waals surface area (Å²) in [6.45, 7) is 0. The fraction of sp³-hybridized carbons (Fsp3) is 0.308. The van der Waals surface area contributed by atoms with E-state index in [1.54, 1.807) is 0 Å². The molecule has 0 spiro atoms. The fourth-order valence-electron chi connectivity index (χ4n) is 2.66. The molecule has 3 N–H and O–H groups in total. The molecule has 3 rings (SSSR count). The quantitative estimate of drug-likeness (QED) is 0.572. The summed E-state index contributed by atoms with van der Waals surface area (Å²) in [6.07, 6.45) is 3.11. The zero-order chi connectivity index (χ0) is 15.2. The van der Waals surface area contributed by atoms with Crippen molar-refractivity contribution >= 4 is 18.8 Å². The molecular weight excluding hydrogens is 299 g/mol. The monoisotopic (exact) mass is 312 g/mol. The zero-order valence-corrected chi connectivity index (χ0v) is 11.8. The molecule has 0 fully saturated rings. The van der Waals surface area contributed by atoms with Crippen LogP contribution in [0.5, 0.6) is 11.5 Å². The number of aryl methyl sites for hydroxylation is 1. The topological polar surface area (TPSA) is 117 Å². The number of aromatic hydroxyl groups is 1. The molecule has 7 nitrogen and oxygen atoms in total. The van der Waals surface area contributed by atoms with Crippen LogP contribution in [0.4, 0.5) is 0 Å². The molecule has 0 radical (unpaired) electrons. The van der Waals surface area contributed by atoms with Crippen LogP contribution in [0.15, 0.2) is 21.3 Å². The van der Waals surface area contributed by atoms with E-state index in [9.17, 15) is 14.5 Å². The summed E-state index contributed by atoms with van der Waals surface area (Å²) in [4.78, 5) is 29.6. The van der Waals surface area contributed by atoms with Gasteiger partial charge in [0.2, 0.25) is 0 Å². The second-order valence-corrected chi connectivity index (χ2v) is 6.12. The van der Waals surface area contributed by atoms with E-state index in [1.807, 2.05) is 0 Å². The van der Waals surface area contributed by atoms with Crippen molar-refractivity contribution in [2.24, 2.45) is 0 Å². The predicted molar refractivity (Wildman–Crippen MR) is 73.5 cm³/mol. The van der Waals surface area contributed by atoms with E-state index in [0.29, 0.717) is 23.8 Å². The van der Waals surface area contributed by atoms with Crippen molar-refractivity contribution in [2.45, 2.75) is 25.7 Å². The van der Waals surface area contributed by atoms with Gasteiger partial charge in [0.1, 0.15) is 5.58 Å². The number of phosphoric ester groups is 1. The first-order valence-electron chi connectivity index (χ1n) is 6.42. The van der Waals surface area contributed by atoms with Crippen LogP contribution in [0.3, 0.4) is 0 Å². The lowest BCUT2D eigenvalue weighted by molar-refractivity contribution is 0.278. The Bertz CT molecular complexity index is 817. The van der Waals surface area contributed by atoms with Crippen LogP contribution in [-0.4, -0.2) is 14.9 Å². The van der Waals surface area contributed by atoms with Crippen molar-refractivity contribution in [1.82, 2.24) is 0 Å². The highest BCUT2D eigenvalue weighted by Gasteiger charge is 2.23. The van der Waals surface area contributed by atoms with Crippen LogP contribution in [0, 0.1) is 0 Å². The van der Waals surface area contributed by atoms with Crippen LogP contribution in [0.25, 0.3) is 11.0 Å². The first kappa shape index (κ1) is 14.1. The summed E-state index contributed by atoms with van der Waals surface area (Å²) >= 11 is 0. The second-order valence-electron chi connectivity index (χ2n) is 4.95. The van der Waals surface area contributed by atoms with Crippen LogP contribution in [0.1, 0.15) is 24.0 Å². The second kappa shape index (κ2) is 4.87. The Morgan fingerprint density at radius 2 is 1.81 bits per heavy atom. The molecule has 0 aliphatic heterocycles. The largest absolute Gasteiger partial charge is 0.524 e. The minimum atomic E-state index is -4.78. The number of phenolic OH excluding ortho intramolecular Hbond substituents is 1. The molecule has 0 saturated heterocycles. The molecule has 1 aromatic heterocycles. The molecule has 8 heteroatoms. The lowest BCUT2D eigenvalue weighted by Gasteiger charge is -2.17. The maximum absolute atomic E-state index is 11.9. The van der Waals surface area contributed by atoms with E-state index < -0.39 is 19.2 Å². The van der Waals surface area contributed by atoms with Crippen molar-refractivity contribution in [2.75, 3.05) is 0 Å². The zero-order valence-electron chi connectivity index (χ0n) is 10.9. The molecule has 0 unspecified atom stereocenters. The highest BCUT2D eigenvalue weighted by atomic mass is 31.2. The van der Waals surface area contributed by atoms with E-state index in [4.69, 9.17) is 14.2 Å². The number of benzene rings is 1. The average Bonchev–Trinajstić information content (AvgIpc) is 2.39. The lowest BCUT2D eigenvalue weighted by atomic mass is 9.90. The molecule has 21 heavy (non-hydrogen) atoms. The maximum atomic E-state index is 11.9. The van der Waals surface area contributed by atoms with Gasteiger partial charge in [0.05, 0.1) is 0 Å². The molecule has 2 aromatic rings. The smallest absolute Gasteiger partial charge is 0.504 e. The van der Waals surface area contributed by atoms with Gasteiger partial charge in [-0.15, -0.1) is 0 Å². The fourth-order valence-corrected chi connectivity index (χ4v) is 3.06. The standard InChI is InChI=1S/C13H13O7P/c14-10-6-11-9(5-12(10)20-21(16,17)18)7-3-1-2-4-8(7)13(15)19-11/h5-6,14H,1-4H2,(H2,16,17,18). The molecule has 1 aliphatic carbocycles. The normalized spacial score (nSPS) is 15.0. The number of hydrogen-bond donors (Lipinski definition) is 3. The SMILES string of the molecule is O=c1oc2cc(O)c(OP(=O)(O)O)cc2c2c1CCCC2. The van der Waals surface area contributed by atoms with Crippen molar-refractivity contribution < 1.29 is 28.4 Å². The van der Waals surface area contributed by atoms with Crippen LogP contribution in [-0.2, 0) is 17.4 Å². The maximum Gasteiger partial charge on any atom is 0.524 e. The summed E-state index contributed by atoms with van der Waals surface area (Å²) in [5, 5.41) is 10.3. The van der Waals surface area contributed by atoms with Gasteiger partial charge in [-0.3, -0.25) is 9.79 Å². The predicted octanol–water partition coefficient (Wildman–Crippen LogP) is 1.85. The van der Waals surface area contributed by atoms with Crippen LogP contribution >= 0.6 is 7.82 Å². The molecule has 0 atom stereocenters. The van der Waals surface area contributed by atoms with E-state index >= 15 is 0 Å². The minimum Gasteiger partial charge on any atom is -0.504 e. The van der Waals surface area contributed by atoms with Gasteiger partial charge in [-0.2, -0.15) is 0 Å². The molecule has 0 amide bonds. The molecule has 112 valence electrons. The van der Waals surface area contributed by atoms with Gasteiger partial charge in [0.25, 0.3) is 0 Å². The first-order valence-corrected chi connectivity index (χ1v) is 7.95. The van der Waals surface area contributed by atoms with Crippen molar-refractivity contribution in [3.05, 3.63) is 33.7 Å². The Hall–Kier alpha value is -1.82. The minimum absolute atomic E-state index is 0.177. The van der Waals surface area contributed by atoms with Crippen molar-refractivity contribution in [3.8, 4) is 11.5 Å². The van der Waals surface area contributed by atoms with Gasteiger partial charge in [-0.05, 0) is 37.3 Å². The third-order valence-corrected chi connectivity index (χ3v) is 3.95. The van der Waals surface area contributed by atoms with Crippen molar-refractivity contribution in [3.63, 3.8) is 0 Å². The molecule has 0 saturated carbocycles. The Labute approximate surface area is 119 Å². The number of fused-ring (bicyclic) bond motifs is 3. The van der Waals surface area contributed by atoms with Gasteiger partial charge >= 0.3 is 13.4 Å². The van der Waals surface area contributed by atoms with Gasteiger partial charge in [0, 0.05) is 17.0 Å². The first-order chi connectivity index (χ1) is 9.85. The third-order valence-electron chi connectivity index (χ3n) is 3.52. The third kappa shape index (κ3) is 2.68. The average molecular weight is 312 g/mol. The van der Waals surface area contributed by atoms with E-state index in [1.165, 1.54) is 6.07 Å². The molecular formula is C13H13O7P. The van der Waals surface area contributed by atoms with Crippen molar-refractivity contribution in [1.29, 1.82) is 0 Å².